The van der Waals surface area contributed by atoms with Gasteiger partial charge >= 0.3 is 19.8 Å². The minimum Gasteiger partial charge on any atom is -0.457 e. The van der Waals surface area contributed by atoms with Gasteiger partial charge in [0.05, 0.1) is 26.4 Å². The molecule has 0 fully saturated rings. The lowest BCUT2D eigenvalue weighted by Gasteiger charge is -2.20. The molecule has 0 aliphatic rings. The summed E-state index contributed by atoms with van der Waals surface area (Å²) in [6, 6.07) is 0. The third-order valence-corrected chi connectivity index (χ3v) is 7.82. The molecule has 10 nitrogen and oxygen atoms in total. The van der Waals surface area contributed by atoms with Gasteiger partial charge in [0.2, 0.25) is 0 Å². The summed E-state index contributed by atoms with van der Waals surface area (Å²) in [5.41, 5.74) is 0. The molecule has 0 saturated heterocycles. The standard InChI is InChI=1S/C30H59O10P/c1-3-5-6-7-8-9-10-11-12-13-14-15-16-17-18-19-20-21-22-30(34)40-28(24-32)26-38-41(35,36)37-25-27(23-31)39-29(33)4-2/h27-28,31-32H,3-26H2,1-2H3,(H,35,36). The number of carbonyl (C=O) groups is 2. The fourth-order valence-corrected chi connectivity index (χ4v) is 5.11. The highest BCUT2D eigenvalue weighted by Crippen LogP contribution is 2.43. The molecule has 244 valence electrons. The Morgan fingerprint density at radius 1 is 0.585 bits per heavy atom. The molecular weight excluding hydrogens is 551 g/mol. The molecular formula is C30H59O10P. The fourth-order valence-electron chi connectivity index (χ4n) is 4.32. The van der Waals surface area contributed by atoms with Gasteiger partial charge in [-0.05, 0) is 6.42 Å². The number of rotatable bonds is 30. The van der Waals surface area contributed by atoms with Crippen LogP contribution in [0.15, 0.2) is 0 Å². The first-order valence-electron chi connectivity index (χ1n) is 16.0. The van der Waals surface area contributed by atoms with E-state index in [1.165, 1.54) is 89.9 Å². The van der Waals surface area contributed by atoms with Crippen LogP contribution in [0.1, 0.15) is 142 Å². The van der Waals surface area contributed by atoms with Crippen molar-refractivity contribution in [1.29, 1.82) is 0 Å². The number of carbonyl (C=O) groups excluding carboxylic acids is 2. The fraction of sp³-hybridized carbons (Fsp3) is 0.933. The normalized spacial score (nSPS) is 14.4. The smallest absolute Gasteiger partial charge is 0.457 e. The number of esters is 2. The molecule has 0 radical (unpaired) electrons. The predicted octanol–water partition coefficient (Wildman–Crippen LogP) is 6.77. The molecule has 3 unspecified atom stereocenters. The van der Waals surface area contributed by atoms with Crippen LogP contribution >= 0.6 is 7.82 Å². The minimum absolute atomic E-state index is 0.0762. The quantitative estimate of drug-likeness (QED) is 0.0452. The van der Waals surface area contributed by atoms with E-state index >= 15 is 0 Å². The lowest BCUT2D eigenvalue weighted by atomic mass is 10.0. The van der Waals surface area contributed by atoms with E-state index in [-0.39, 0.29) is 12.8 Å². The highest BCUT2D eigenvalue weighted by molar-refractivity contribution is 7.47. The Bertz CT molecular complexity index is 676. The number of phosphoric ester groups is 1. The van der Waals surface area contributed by atoms with Gasteiger partial charge in [-0.15, -0.1) is 0 Å². The van der Waals surface area contributed by atoms with Crippen LogP contribution in [0.5, 0.6) is 0 Å². The summed E-state index contributed by atoms with van der Waals surface area (Å²) in [4.78, 5) is 33.1. The Kier molecular flexibility index (Phi) is 27.1. The van der Waals surface area contributed by atoms with Crippen LogP contribution in [0.4, 0.5) is 0 Å². The van der Waals surface area contributed by atoms with Gasteiger partial charge in [-0.2, -0.15) is 0 Å². The average Bonchev–Trinajstić information content (AvgIpc) is 2.96. The van der Waals surface area contributed by atoms with Gasteiger partial charge in [0, 0.05) is 12.8 Å². The van der Waals surface area contributed by atoms with Crippen LogP contribution in [0.3, 0.4) is 0 Å². The molecule has 0 saturated carbocycles. The number of unbranched alkanes of at least 4 members (excludes halogenated alkanes) is 17. The third-order valence-electron chi connectivity index (χ3n) is 6.87. The first-order valence-corrected chi connectivity index (χ1v) is 17.5. The number of aliphatic hydroxyl groups is 2. The Morgan fingerprint density at radius 2 is 0.927 bits per heavy atom. The van der Waals surface area contributed by atoms with Crippen LogP contribution in [0, 0.1) is 0 Å². The predicted molar refractivity (Wildman–Crippen MR) is 159 cm³/mol. The molecule has 0 aliphatic heterocycles. The van der Waals surface area contributed by atoms with Gasteiger partial charge in [0.15, 0.2) is 0 Å². The molecule has 0 aliphatic carbocycles. The maximum absolute atomic E-state index is 12.1. The summed E-state index contributed by atoms with van der Waals surface area (Å²) in [6.07, 6.45) is 20.7. The number of aliphatic hydroxyl groups excluding tert-OH is 2. The second-order valence-corrected chi connectivity index (χ2v) is 12.2. The second-order valence-electron chi connectivity index (χ2n) is 10.8. The molecule has 0 spiro atoms. The van der Waals surface area contributed by atoms with Crippen molar-refractivity contribution in [3.63, 3.8) is 0 Å². The lowest BCUT2D eigenvalue weighted by molar-refractivity contribution is -0.153. The van der Waals surface area contributed by atoms with Gasteiger partial charge < -0.3 is 24.6 Å². The van der Waals surface area contributed by atoms with Gasteiger partial charge in [0.1, 0.15) is 12.2 Å². The van der Waals surface area contributed by atoms with Gasteiger partial charge in [-0.1, -0.05) is 123 Å². The van der Waals surface area contributed by atoms with Gasteiger partial charge in [-0.25, -0.2) is 4.57 Å². The van der Waals surface area contributed by atoms with Gasteiger partial charge in [-0.3, -0.25) is 18.6 Å². The Balaban J connectivity index is 3.74. The molecule has 0 bridgehead atoms. The SMILES string of the molecule is CCCCCCCCCCCCCCCCCCCCC(=O)OC(CO)COP(=O)(O)OCC(CO)OC(=O)CC. The van der Waals surface area contributed by atoms with E-state index in [2.05, 4.69) is 6.92 Å². The topological polar surface area (TPSA) is 149 Å². The monoisotopic (exact) mass is 610 g/mol. The highest BCUT2D eigenvalue weighted by atomic mass is 31.2. The van der Waals surface area contributed by atoms with Crippen LogP contribution in [-0.2, 0) is 32.7 Å². The minimum atomic E-state index is -4.58. The van der Waals surface area contributed by atoms with E-state index in [4.69, 9.17) is 18.5 Å². The summed E-state index contributed by atoms with van der Waals surface area (Å²) in [7, 11) is -4.58. The van der Waals surface area contributed by atoms with E-state index in [1.54, 1.807) is 6.92 Å². The van der Waals surface area contributed by atoms with Crippen molar-refractivity contribution in [3.05, 3.63) is 0 Å². The van der Waals surface area contributed by atoms with E-state index < -0.39 is 58.4 Å². The molecule has 11 heteroatoms. The van der Waals surface area contributed by atoms with Crippen LogP contribution in [-0.4, -0.2) is 65.7 Å². The lowest BCUT2D eigenvalue weighted by Crippen LogP contribution is -2.28. The first kappa shape index (κ1) is 40.0. The summed E-state index contributed by atoms with van der Waals surface area (Å²) in [5, 5.41) is 18.6. The Hall–Kier alpha value is -1.03. The van der Waals surface area contributed by atoms with E-state index in [0.29, 0.717) is 6.42 Å². The van der Waals surface area contributed by atoms with E-state index in [1.807, 2.05) is 0 Å². The maximum Gasteiger partial charge on any atom is 0.472 e. The van der Waals surface area contributed by atoms with Crippen molar-refractivity contribution in [1.82, 2.24) is 0 Å². The summed E-state index contributed by atoms with van der Waals surface area (Å²) >= 11 is 0. The molecule has 0 amide bonds. The van der Waals surface area contributed by atoms with Gasteiger partial charge in [0.25, 0.3) is 0 Å². The summed E-state index contributed by atoms with van der Waals surface area (Å²) in [5.74, 6) is -1.10. The molecule has 3 atom stereocenters. The molecule has 0 aromatic heterocycles. The van der Waals surface area contributed by atoms with Crippen LogP contribution in [0.25, 0.3) is 0 Å². The number of ether oxygens (including phenoxy) is 2. The zero-order valence-electron chi connectivity index (χ0n) is 25.8. The zero-order chi connectivity index (χ0) is 30.6. The van der Waals surface area contributed by atoms with Crippen LogP contribution < -0.4 is 0 Å². The summed E-state index contributed by atoms with van der Waals surface area (Å²) < 4.78 is 31.5. The van der Waals surface area contributed by atoms with Crippen LogP contribution in [0.2, 0.25) is 0 Å². The number of phosphoric acid groups is 1. The largest absolute Gasteiger partial charge is 0.472 e. The number of hydrogen-bond acceptors (Lipinski definition) is 9. The highest BCUT2D eigenvalue weighted by Gasteiger charge is 2.27. The Morgan fingerprint density at radius 3 is 1.27 bits per heavy atom. The molecule has 41 heavy (non-hydrogen) atoms. The van der Waals surface area contributed by atoms with Crippen molar-refractivity contribution in [2.24, 2.45) is 0 Å². The molecule has 0 rings (SSSR count). The van der Waals surface area contributed by atoms with Crippen molar-refractivity contribution in [2.45, 2.75) is 154 Å². The summed E-state index contributed by atoms with van der Waals surface area (Å²) in [6.45, 7) is 1.54. The molecule has 0 aromatic carbocycles. The van der Waals surface area contributed by atoms with Crippen molar-refractivity contribution in [2.75, 3.05) is 26.4 Å². The number of hydrogen-bond donors (Lipinski definition) is 3. The van der Waals surface area contributed by atoms with Crippen molar-refractivity contribution >= 4 is 19.8 Å². The third kappa shape index (κ3) is 26.3. The Labute approximate surface area is 248 Å². The van der Waals surface area contributed by atoms with E-state index in [0.717, 1.165) is 19.3 Å². The second kappa shape index (κ2) is 27.8. The first-order chi connectivity index (χ1) is 19.8. The molecule has 0 aromatic rings. The van der Waals surface area contributed by atoms with Crippen molar-refractivity contribution < 1.29 is 47.8 Å². The maximum atomic E-state index is 12.1. The molecule has 0 heterocycles. The van der Waals surface area contributed by atoms with Crippen molar-refractivity contribution in [3.8, 4) is 0 Å². The van der Waals surface area contributed by atoms with E-state index in [9.17, 15) is 29.3 Å². The molecule has 3 N–H and O–H groups in total. The average molecular weight is 611 g/mol. The zero-order valence-corrected chi connectivity index (χ0v) is 26.7.